The van der Waals surface area contributed by atoms with Gasteiger partial charge in [-0.25, -0.2) is 4.39 Å². The fraction of sp³-hybridized carbons (Fsp3) is 0.375. The number of tetrazole rings is 1. The molecule has 2 amide bonds. The van der Waals surface area contributed by atoms with Crippen molar-refractivity contribution in [2.45, 2.75) is 32.9 Å². The van der Waals surface area contributed by atoms with Gasteiger partial charge < -0.3 is 20.4 Å². The largest absolute Gasteiger partial charge is 0.508 e. The van der Waals surface area contributed by atoms with E-state index in [4.69, 9.17) is 0 Å². The van der Waals surface area contributed by atoms with E-state index in [9.17, 15) is 24.2 Å². The van der Waals surface area contributed by atoms with Crippen LogP contribution in [0.1, 0.15) is 31.9 Å². The number of phenols is 1. The number of phenolic OH excluding ortho intramolecular Hbond substituents is 1. The van der Waals surface area contributed by atoms with Crippen molar-refractivity contribution in [1.82, 2.24) is 30.4 Å². The van der Waals surface area contributed by atoms with Crippen LogP contribution in [0.4, 0.5) is 4.39 Å². The molecule has 1 heterocycles. The average Bonchev–Trinajstić information content (AvgIpc) is 3.28. The third-order valence-corrected chi connectivity index (χ3v) is 5.28. The summed E-state index contributed by atoms with van der Waals surface area (Å²) in [5, 5.41) is 34.2. The number of carbonyl (C=O) groups excluding carboxylic acids is 2. The minimum absolute atomic E-state index is 0.0212. The highest BCUT2D eigenvalue weighted by Crippen LogP contribution is 2.24. The molecule has 35 heavy (non-hydrogen) atoms. The normalized spacial score (nSPS) is 11.9. The molecule has 0 spiro atoms. The molecule has 3 rings (SSSR count). The molecule has 186 valence electrons. The molecule has 0 fully saturated rings. The Labute approximate surface area is 202 Å². The zero-order valence-electron chi connectivity index (χ0n) is 19.6. The lowest BCUT2D eigenvalue weighted by Gasteiger charge is -2.31. The van der Waals surface area contributed by atoms with Gasteiger partial charge in [-0.3, -0.25) is 9.59 Å². The summed E-state index contributed by atoms with van der Waals surface area (Å²) in [7, 11) is 0. The first-order valence-electron chi connectivity index (χ1n) is 11.3. The van der Waals surface area contributed by atoms with E-state index in [0.29, 0.717) is 23.6 Å². The second-order valence-corrected chi connectivity index (χ2v) is 8.43. The highest BCUT2D eigenvalue weighted by molar-refractivity contribution is 5.88. The Bertz CT molecular complexity index is 1120. The third-order valence-electron chi connectivity index (χ3n) is 5.28. The van der Waals surface area contributed by atoms with Gasteiger partial charge in [0.1, 0.15) is 24.2 Å². The molecule has 1 atom stereocenters. The molecule has 3 N–H and O–H groups in total. The van der Waals surface area contributed by atoms with Gasteiger partial charge in [-0.1, -0.05) is 26.0 Å². The first-order chi connectivity index (χ1) is 16.8. The molecule has 1 unspecified atom stereocenters. The van der Waals surface area contributed by atoms with E-state index >= 15 is 0 Å². The van der Waals surface area contributed by atoms with Gasteiger partial charge in [-0.05, 0) is 59.5 Å². The number of halogens is 1. The van der Waals surface area contributed by atoms with Crippen molar-refractivity contribution in [3.8, 4) is 17.1 Å². The first-order valence-corrected chi connectivity index (χ1v) is 11.3. The summed E-state index contributed by atoms with van der Waals surface area (Å²) in [5.41, 5.74) is 1.01. The van der Waals surface area contributed by atoms with Gasteiger partial charge in [-0.2, -0.15) is 4.80 Å². The number of rotatable bonds is 11. The van der Waals surface area contributed by atoms with E-state index in [0.717, 1.165) is 11.2 Å². The number of aliphatic hydroxyl groups excluding tert-OH is 1. The summed E-state index contributed by atoms with van der Waals surface area (Å²) in [4.78, 5) is 28.8. The van der Waals surface area contributed by atoms with Crippen LogP contribution in [0.15, 0.2) is 48.5 Å². The van der Waals surface area contributed by atoms with Gasteiger partial charge in [0.05, 0.1) is 6.61 Å². The Balaban J connectivity index is 1.83. The quantitative estimate of drug-likeness (QED) is 0.379. The van der Waals surface area contributed by atoms with Crippen molar-refractivity contribution in [2.75, 3.05) is 19.7 Å². The molecule has 0 bridgehead atoms. The Hall–Kier alpha value is -3.86. The van der Waals surface area contributed by atoms with Gasteiger partial charge in [0.2, 0.25) is 17.6 Å². The third kappa shape index (κ3) is 7.06. The lowest BCUT2D eigenvalue weighted by Crippen LogP contribution is -2.46. The number of carbonyl (C=O) groups is 2. The van der Waals surface area contributed by atoms with Crippen LogP contribution in [-0.2, 0) is 16.1 Å². The number of amides is 2. The van der Waals surface area contributed by atoms with Crippen LogP contribution in [0.25, 0.3) is 11.4 Å². The molecule has 1 aromatic heterocycles. The molecule has 10 nitrogen and oxygen atoms in total. The number of aromatic nitrogens is 4. The number of aromatic hydroxyl groups is 1. The second kappa shape index (κ2) is 12.0. The highest BCUT2D eigenvalue weighted by Gasteiger charge is 2.31. The Morgan fingerprint density at radius 2 is 1.80 bits per heavy atom. The number of benzene rings is 2. The molecule has 11 heteroatoms. The number of hydrogen-bond acceptors (Lipinski definition) is 7. The van der Waals surface area contributed by atoms with Gasteiger partial charge in [-0.15, -0.1) is 10.2 Å². The van der Waals surface area contributed by atoms with Crippen LogP contribution < -0.4 is 5.32 Å². The Kier molecular flexibility index (Phi) is 8.85. The monoisotopic (exact) mass is 484 g/mol. The molecular weight excluding hydrogens is 455 g/mol. The van der Waals surface area contributed by atoms with Crippen LogP contribution in [0.2, 0.25) is 0 Å². The topological polar surface area (TPSA) is 133 Å². The lowest BCUT2D eigenvalue weighted by molar-refractivity contribution is -0.142. The van der Waals surface area contributed by atoms with Crippen molar-refractivity contribution < 1.29 is 24.2 Å². The maximum atomic E-state index is 13.3. The zero-order valence-corrected chi connectivity index (χ0v) is 19.6. The summed E-state index contributed by atoms with van der Waals surface area (Å²) in [5.74, 6) is -0.703. The molecular formula is C24H29FN6O4. The maximum Gasteiger partial charge on any atom is 0.247 e. The van der Waals surface area contributed by atoms with Crippen molar-refractivity contribution in [1.29, 1.82) is 0 Å². The minimum atomic E-state index is -1.04. The summed E-state index contributed by atoms with van der Waals surface area (Å²) in [6.45, 7) is 3.69. The molecule has 0 aliphatic rings. The molecule has 3 aromatic rings. The van der Waals surface area contributed by atoms with E-state index in [2.05, 4.69) is 20.7 Å². The van der Waals surface area contributed by atoms with Crippen molar-refractivity contribution >= 4 is 11.8 Å². The number of nitrogens with zero attached hydrogens (tertiary/aromatic N) is 5. The first kappa shape index (κ1) is 25.8. The lowest BCUT2D eigenvalue weighted by atomic mass is 10.0. The summed E-state index contributed by atoms with van der Waals surface area (Å²) in [6.07, 6.45) is 0.761. The van der Waals surface area contributed by atoms with E-state index < -0.39 is 23.7 Å². The van der Waals surface area contributed by atoms with Crippen molar-refractivity contribution in [2.24, 2.45) is 5.92 Å². The van der Waals surface area contributed by atoms with Crippen LogP contribution in [0.5, 0.6) is 5.75 Å². The van der Waals surface area contributed by atoms with Crippen LogP contribution in [0.3, 0.4) is 0 Å². The van der Waals surface area contributed by atoms with E-state index in [1.165, 1.54) is 41.3 Å². The molecule has 0 aliphatic carbocycles. The Morgan fingerprint density at radius 1 is 1.11 bits per heavy atom. The minimum Gasteiger partial charge on any atom is -0.508 e. The molecule has 0 radical (unpaired) electrons. The van der Waals surface area contributed by atoms with Gasteiger partial charge in [0.25, 0.3) is 0 Å². The molecule has 0 aliphatic heterocycles. The standard InChI is InChI=1S/C24H29FN6O4/c1-16(2)11-12-26-24(35)22(17-5-9-20(33)10-6-17)30(13-14-32)21(34)15-31-28-23(27-29-31)18-3-7-19(25)8-4-18/h3-10,16,22,32-33H,11-15H2,1-2H3,(H,26,35). The fourth-order valence-electron chi connectivity index (χ4n) is 3.45. The fourth-order valence-corrected chi connectivity index (χ4v) is 3.45. The van der Waals surface area contributed by atoms with Crippen molar-refractivity contribution in [3.63, 3.8) is 0 Å². The van der Waals surface area contributed by atoms with Gasteiger partial charge in [0, 0.05) is 18.7 Å². The number of hydrogen-bond donors (Lipinski definition) is 3. The predicted molar refractivity (Wildman–Crippen MR) is 125 cm³/mol. The average molecular weight is 485 g/mol. The Morgan fingerprint density at radius 3 is 2.43 bits per heavy atom. The zero-order chi connectivity index (χ0) is 25.4. The van der Waals surface area contributed by atoms with E-state index in [1.54, 1.807) is 12.1 Å². The van der Waals surface area contributed by atoms with E-state index in [1.807, 2.05) is 13.8 Å². The summed E-state index contributed by atoms with van der Waals surface area (Å²) in [6, 6.07) is 10.5. The predicted octanol–water partition coefficient (Wildman–Crippen LogP) is 1.91. The number of aliphatic hydroxyl groups is 1. The van der Waals surface area contributed by atoms with Crippen LogP contribution in [0, 0.1) is 11.7 Å². The van der Waals surface area contributed by atoms with Gasteiger partial charge >= 0.3 is 0 Å². The maximum absolute atomic E-state index is 13.3. The molecule has 0 saturated carbocycles. The molecule has 0 saturated heterocycles. The SMILES string of the molecule is CC(C)CCNC(=O)C(c1ccc(O)cc1)N(CCO)C(=O)Cn1nnc(-c2ccc(F)cc2)n1. The van der Waals surface area contributed by atoms with Crippen LogP contribution in [-0.4, -0.2) is 66.8 Å². The van der Waals surface area contributed by atoms with E-state index in [-0.39, 0.29) is 31.3 Å². The number of nitrogens with one attached hydrogen (secondary N) is 1. The summed E-state index contributed by atoms with van der Waals surface area (Å²) >= 11 is 0. The second-order valence-electron chi connectivity index (χ2n) is 8.43. The van der Waals surface area contributed by atoms with Crippen LogP contribution >= 0.6 is 0 Å². The van der Waals surface area contributed by atoms with Gasteiger partial charge in [0.15, 0.2) is 0 Å². The molecule has 2 aromatic carbocycles. The summed E-state index contributed by atoms with van der Waals surface area (Å²) < 4.78 is 13.2. The van der Waals surface area contributed by atoms with Crippen molar-refractivity contribution in [3.05, 3.63) is 59.9 Å². The highest BCUT2D eigenvalue weighted by atomic mass is 19.1. The smallest absolute Gasteiger partial charge is 0.247 e.